The van der Waals surface area contributed by atoms with Crippen LogP contribution in [0.1, 0.15) is 0 Å². The zero-order chi connectivity index (χ0) is 23.9. The first-order chi connectivity index (χ1) is 15.7. The van der Waals surface area contributed by atoms with Crippen molar-refractivity contribution in [1.82, 2.24) is 0 Å². The molecule has 2 aromatic carbocycles. The molecule has 2 unspecified atom stereocenters. The van der Waals surface area contributed by atoms with E-state index < -0.39 is 42.7 Å². The number of aromatic hydroxyl groups is 2. The molecule has 5 atom stereocenters. The lowest BCUT2D eigenvalue weighted by Crippen LogP contribution is -2.60. The highest BCUT2D eigenvalue weighted by Gasteiger charge is 2.45. The van der Waals surface area contributed by atoms with E-state index in [2.05, 4.69) is 0 Å². The highest BCUT2D eigenvalue weighted by molar-refractivity contribution is 5.86. The Hall–Kier alpha value is -3.35. The molecule has 0 aliphatic carbocycles. The average Bonchev–Trinajstić information content (AvgIpc) is 2.79. The van der Waals surface area contributed by atoms with Crippen molar-refractivity contribution in [3.8, 4) is 34.3 Å². The predicted octanol–water partition coefficient (Wildman–Crippen LogP) is 0.0585. The number of methoxy groups -OCH3 is 1. The van der Waals surface area contributed by atoms with Gasteiger partial charge in [-0.3, -0.25) is 4.79 Å². The van der Waals surface area contributed by atoms with Crippen molar-refractivity contribution in [2.24, 2.45) is 0 Å². The SMILES string of the molecule is COc1cc(-c2cc(=O)c3c(O[C@@H]4OC(CO)[C@@H](O)[C@H](O)C4O)cc(O)cc3o2)ccc1O. The lowest BCUT2D eigenvalue weighted by Gasteiger charge is -2.39. The van der Waals surface area contributed by atoms with Crippen LogP contribution in [0.25, 0.3) is 22.3 Å². The lowest BCUT2D eigenvalue weighted by molar-refractivity contribution is -0.277. The number of aliphatic hydroxyl groups is 4. The second-order valence-electron chi connectivity index (χ2n) is 7.49. The molecule has 0 spiro atoms. The van der Waals surface area contributed by atoms with Gasteiger partial charge in [0.15, 0.2) is 16.9 Å². The number of ether oxygens (including phenoxy) is 3. The second kappa shape index (κ2) is 8.89. The molecule has 6 N–H and O–H groups in total. The van der Waals surface area contributed by atoms with Gasteiger partial charge in [-0.2, -0.15) is 0 Å². The van der Waals surface area contributed by atoms with Crippen LogP contribution in [0.15, 0.2) is 45.6 Å². The molecule has 11 nitrogen and oxygen atoms in total. The van der Waals surface area contributed by atoms with E-state index in [4.69, 9.17) is 18.6 Å². The molecule has 11 heteroatoms. The van der Waals surface area contributed by atoms with E-state index in [-0.39, 0.29) is 39.7 Å². The topological polar surface area (TPSA) is 179 Å². The van der Waals surface area contributed by atoms with Gasteiger partial charge in [-0.15, -0.1) is 0 Å². The van der Waals surface area contributed by atoms with Crippen molar-refractivity contribution in [1.29, 1.82) is 0 Å². The van der Waals surface area contributed by atoms with Crippen molar-refractivity contribution in [3.63, 3.8) is 0 Å². The van der Waals surface area contributed by atoms with Crippen LogP contribution in [0, 0.1) is 0 Å². The first-order valence-electron chi connectivity index (χ1n) is 9.89. The first kappa shape index (κ1) is 22.8. The largest absolute Gasteiger partial charge is 0.508 e. The zero-order valence-corrected chi connectivity index (χ0v) is 17.3. The van der Waals surface area contributed by atoms with Crippen LogP contribution in [0.3, 0.4) is 0 Å². The molecule has 1 saturated heterocycles. The van der Waals surface area contributed by atoms with Crippen molar-refractivity contribution in [3.05, 3.63) is 46.6 Å². The predicted molar refractivity (Wildman–Crippen MR) is 112 cm³/mol. The molecule has 4 rings (SSSR count). The maximum Gasteiger partial charge on any atom is 0.229 e. The van der Waals surface area contributed by atoms with Crippen LogP contribution in [-0.4, -0.2) is 75.1 Å². The summed E-state index contributed by atoms with van der Waals surface area (Å²) >= 11 is 0. The van der Waals surface area contributed by atoms with Crippen molar-refractivity contribution in [2.45, 2.75) is 30.7 Å². The Balaban J connectivity index is 1.76. The number of fused-ring (bicyclic) bond motifs is 1. The Kier molecular flexibility index (Phi) is 6.15. The minimum atomic E-state index is -1.71. The van der Waals surface area contributed by atoms with E-state index in [0.29, 0.717) is 5.56 Å². The summed E-state index contributed by atoms with van der Waals surface area (Å²) in [5.41, 5.74) is -0.189. The lowest BCUT2D eigenvalue weighted by atomic mass is 9.99. The fourth-order valence-corrected chi connectivity index (χ4v) is 3.59. The van der Waals surface area contributed by atoms with Gasteiger partial charge in [-0.1, -0.05) is 0 Å². The maximum atomic E-state index is 13.0. The molecular formula is C22H22O11. The Morgan fingerprint density at radius 3 is 2.42 bits per heavy atom. The average molecular weight is 462 g/mol. The highest BCUT2D eigenvalue weighted by Crippen LogP contribution is 2.35. The van der Waals surface area contributed by atoms with Crippen molar-refractivity contribution < 1.29 is 49.3 Å². The molecule has 176 valence electrons. The Bertz CT molecular complexity index is 1220. The summed E-state index contributed by atoms with van der Waals surface area (Å²) in [6.45, 7) is -0.660. The molecule has 3 aromatic rings. The molecule has 0 amide bonds. The van der Waals surface area contributed by atoms with Crippen LogP contribution in [0.4, 0.5) is 0 Å². The molecular weight excluding hydrogens is 440 g/mol. The van der Waals surface area contributed by atoms with Gasteiger partial charge in [-0.05, 0) is 18.2 Å². The second-order valence-corrected chi connectivity index (χ2v) is 7.49. The van der Waals surface area contributed by atoms with Crippen LogP contribution in [-0.2, 0) is 4.74 Å². The Morgan fingerprint density at radius 1 is 0.970 bits per heavy atom. The van der Waals surface area contributed by atoms with E-state index in [0.717, 1.165) is 6.07 Å². The Labute approximate surface area is 186 Å². The van der Waals surface area contributed by atoms with E-state index in [9.17, 15) is 35.4 Å². The van der Waals surface area contributed by atoms with Crippen LogP contribution >= 0.6 is 0 Å². The van der Waals surface area contributed by atoms with Crippen LogP contribution in [0.2, 0.25) is 0 Å². The zero-order valence-electron chi connectivity index (χ0n) is 17.3. The molecule has 1 aliphatic rings. The van der Waals surface area contributed by atoms with Gasteiger partial charge >= 0.3 is 0 Å². The molecule has 1 aliphatic heterocycles. The number of rotatable bonds is 5. The molecule has 1 fully saturated rings. The maximum absolute atomic E-state index is 13.0. The third-order valence-electron chi connectivity index (χ3n) is 5.34. The van der Waals surface area contributed by atoms with Crippen LogP contribution in [0.5, 0.6) is 23.0 Å². The minimum absolute atomic E-state index is 0.0517. The summed E-state index contributed by atoms with van der Waals surface area (Å²) in [7, 11) is 1.37. The van der Waals surface area contributed by atoms with Gasteiger partial charge in [0.05, 0.1) is 13.7 Å². The van der Waals surface area contributed by atoms with Gasteiger partial charge in [-0.25, -0.2) is 0 Å². The standard InChI is InChI=1S/C22H22O11/c1-30-14-4-9(2-3-11(14)25)13-7-12(26)18-15(31-13)5-10(24)6-16(18)32-22-21(29)20(28)19(27)17(8-23)33-22/h2-7,17,19-25,27-29H,8H2,1H3/t17?,19-,20+,21?,22-/m1/s1. The smallest absolute Gasteiger partial charge is 0.229 e. The third kappa shape index (κ3) is 4.19. The number of phenolic OH excluding ortho intramolecular Hbond substituents is 2. The number of aliphatic hydroxyl groups excluding tert-OH is 4. The monoisotopic (exact) mass is 462 g/mol. The number of benzene rings is 2. The highest BCUT2D eigenvalue weighted by atomic mass is 16.7. The van der Waals surface area contributed by atoms with Gasteiger partial charge in [0.25, 0.3) is 0 Å². The summed E-state index contributed by atoms with van der Waals surface area (Å²) in [6, 6.07) is 7.81. The first-order valence-corrected chi connectivity index (χ1v) is 9.89. The summed E-state index contributed by atoms with van der Waals surface area (Å²) in [5, 5.41) is 59.3. The molecule has 0 radical (unpaired) electrons. The van der Waals surface area contributed by atoms with Crippen molar-refractivity contribution >= 4 is 11.0 Å². The van der Waals surface area contributed by atoms with E-state index >= 15 is 0 Å². The molecule has 33 heavy (non-hydrogen) atoms. The van der Waals surface area contributed by atoms with Gasteiger partial charge < -0.3 is 49.3 Å². The number of phenols is 2. The van der Waals surface area contributed by atoms with Gasteiger partial charge in [0, 0.05) is 23.8 Å². The summed E-state index contributed by atoms with van der Waals surface area (Å²) in [5.74, 6) is -0.353. The molecule has 0 bridgehead atoms. The third-order valence-corrected chi connectivity index (χ3v) is 5.34. The van der Waals surface area contributed by atoms with E-state index in [1.807, 2.05) is 0 Å². The van der Waals surface area contributed by atoms with E-state index in [1.54, 1.807) is 0 Å². The van der Waals surface area contributed by atoms with Crippen LogP contribution < -0.4 is 14.9 Å². The number of hydrogen-bond donors (Lipinski definition) is 6. The van der Waals surface area contributed by atoms with Crippen molar-refractivity contribution in [2.75, 3.05) is 13.7 Å². The fourth-order valence-electron chi connectivity index (χ4n) is 3.59. The quantitative estimate of drug-likeness (QED) is 0.302. The minimum Gasteiger partial charge on any atom is -0.508 e. The summed E-state index contributed by atoms with van der Waals surface area (Å²) in [6.07, 6.45) is -7.76. The summed E-state index contributed by atoms with van der Waals surface area (Å²) < 4.78 is 21.7. The molecule has 0 saturated carbocycles. The number of hydrogen-bond acceptors (Lipinski definition) is 11. The fraction of sp³-hybridized carbons (Fsp3) is 0.318. The molecule has 2 heterocycles. The molecule has 1 aromatic heterocycles. The normalized spacial score (nSPS) is 25.2. The Morgan fingerprint density at radius 2 is 1.73 bits per heavy atom. The van der Waals surface area contributed by atoms with E-state index in [1.165, 1.54) is 37.4 Å². The van der Waals surface area contributed by atoms with Gasteiger partial charge in [0.1, 0.15) is 52.6 Å². The summed E-state index contributed by atoms with van der Waals surface area (Å²) in [4.78, 5) is 13.0. The van der Waals surface area contributed by atoms with Gasteiger partial charge in [0.2, 0.25) is 6.29 Å².